The van der Waals surface area contributed by atoms with E-state index in [9.17, 15) is 0 Å². The summed E-state index contributed by atoms with van der Waals surface area (Å²) in [5, 5.41) is 7.54. The van der Waals surface area contributed by atoms with Crippen LogP contribution < -0.4 is 5.32 Å². The quantitative estimate of drug-likeness (QED) is 0.700. The Kier molecular flexibility index (Phi) is 6.18. The van der Waals surface area contributed by atoms with Crippen molar-refractivity contribution in [1.82, 2.24) is 15.1 Å². The first-order valence-corrected chi connectivity index (χ1v) is 6.13. The van der Waals surface area contributed by atoms with Gasteiger partial charge in [0.1, 0.15) is 0 Å². The molecule has 98 valence electrons. The fourth-order valence-electron chi connectivity index (χ4n) is 1.72. The van der Waals surface area contributed by atoms with Gasteiger partial charge in [-0.15, -0.1) is 0 Å². The van der Waals surface area contributed by atoms with Crippen LogP contribution in [-0.4, -0.2) is 35.8 Å². The van der Waals surface area contributed by atoms with Gasteiger partial charge >= 0.3 is 0 Å². The topological polar surface area (TPSA) is 48.3 Å². The minimum absolute atomic E-state index is 0.180. The molecule has 0 aliphatic rings. The van der Waals surface area contributed by atoms with Crippen molar-refractivity contribution in [1.29, 1.82) is 0 Å². The van der Waals surface area contributed by atoms with Crippen LogP contribution in [0.3, 0.4) is 0 Å². The van der Waals surface area contributed by atoms with Gasteiger partial charge in [0.15, 0.2) is 6.29 Å². The van der Waals surface area contributed by atoms with Crippen LogP contribution in [0.15, 0.2) is 12.3 Å². The Hall–Kier alpha value is -0.910. The van der Waals surface area contributed by atoms with E-state index < -0.39 is 0 Å². The molecule has 0 radical (unpaired) electrons. The van der Waals surface area contributed by atoms with Crippen LogP contribution in [0.25, 0.3) is 0 Å². The second-order valence-corrected chi connectivity index (χ2v) is 3.85. The summed E-state index contributed by atoms with van der Waals surface area (Å²) in [4.78, 5) is 0. The number of nitrogens with zero attached hydrogens (tertiary/aromatic N) is 2. The zero-order valence-corrected chi connectivity index (χ0v) is 11.1. The minimum atomic E-state index is -0.180. The lowest BCUT2D eigenvalue weighted by Crippen LogP contribution is -2.33. The molecule has 0 amide bonds. The molecule has 1 aromatic rings. The summed E-state index contributed by atoms with van der Waals surface area (Å²) in [5.41, 5.74) is 1.15. The van der Waals surface area contributed by atoms with Gasteiger partial charge in [-0.3, -0.25) is 4.68 Å². The van der Waals surface area contributed by atoms with Crippen molar-refractivity contribution in [2.45, 2.75) is 33.1 Å². The van der Waals surface area contributed by atoms with Gasteiger partial charge in [0.05, 0.1) is 5.69 Å². The number of hydrogen-bond acceptors (Lipinski definition) is 4. The van der Waals surface area contributed by atoms with Gasteiger partial charge in [0.25, 0.3) is 0 Å². The number of hydrogen-bond donors (Lipinski definition) is 1. The predicted molar refractivity (Wildman–Crippen MR) is 66.7 cm³/mol. The largest absolute Gasteiger partial charge is 0.352 e. The van der Waals surface area contributed by atoms with Crippen molar-refractivity contribution in [3.8, 4) is 0 Å². The predicted octanol–water partition coefficient (Wildman–Crippen LogP) is 1.47. The highest BCUT2D eigenvalue weighted by molar-refractivity contribution is 5.05. The standard InChI is InChI=1S/C12H23N3O2/c1-5-16-12(17-6-2)9-13-10(3)11-7-8-14-15(11)4/h7-8,10,12-13H,5-6,9H2,1-4H3. The van der Waals surface area contributed by atoms with E-state index in [2.05, 4.69) is 17.3 Å². The Morgan fingerprint density at radius 2 is 2.00 bits per heavy atom. The monoisotopic (exact) mass is 241 g/mol. The van der Waals surface area contributed by atoms with E-state index in [1.807, 2.05) is 31.6 Å². The maximum absolute atomic E-state index is 5.47. The van der Waals surface area contributed by atoms with Crippen molar-refractivity contribution in [2.24, 2.45) is 7.05 Å². The SMILES string of the molecule is CCOC(CNC(C)c1ccnn1C)OCC. The molecular formula is C12H23N3O2. The number of aromatic nitrogens is 2. The molecule has 0 fully saturated rings. The number of rotatable bonds is 8. The third kappa shape index (κ3) is 4.46. The highest BCUT2D eigenvalue weighted by Crippen LogP contribution is 2.10. The van der Waals surface area contributed by atoms with Crippen LogP contribution in [0.2, 0.25) is 0 Å². The highest BCUT2D eigenvalue weighted by atomic mass is 16.7. The Bertz CT molecular complexity index is 308. The second-order valence-electron chi connectivity index (χ2n) is 3.85. The van der Waals surface area contributed by atoms with Gasteiger partial charge in [0.2, 0.25) is 0 Å². The summed E-state index contributed by atoms with van der Waals surface area (Å²) in [7, 11) is 1.94. The molecule has 1 heterocycles. The molecule has 1 rings (SSSR count). The zero-order valence-electron chi connectivity index (χ0n) is 11.1. The minimum Gasteiger partial charge on any atom is -0.352 e. The van der Waals surface area contributed by atoms with Crippen molar-refractivity contribution < 1.29 is 9.47 Å². The van der Waals surface area contributed by atoms with Crippen LogP contribution in [0, 0.1) is 0 Å². The summed E-state index contributed by atoms with van der Waals surface area (Å²) in [6.45, 7) is 8.03. The molecule has 1 atom stereocenters. The van der Waals surface area contributed by atoms with Crippen LogP contribution in [0.4, 0.5) is 0 Å². The Morgan fingerprint density at radius 3 is 2.47 bits per heavy atom. The second kappa shape index (κ2) is 7.42. The molecule has 0 saturated carbocycles. The summed E-state index contributed by atoms with van der Waals surface area (Å²) >= 11 is 0. The van der Waals surface area contributed by atoms with Gasteiger partial charge in [-0.1, -0.05) is 0 Å². The van der Waals surface area contributed by atoms with E-state index in [0.29, 0.717) is 19.8 Å². The summed E-state index contributed by atoms with van der Waals surface area (Å²) < 4.78 is 12.8. The van der Waals surface area contributed by atoms with Crippen molar-refractivity contribution >= 4 is 0 Å². The van der Waals surface area contributed by atoms with Gasteiger partial charge in [0, 0.05) is 39.0 Å². The third-order valence-corrected chi connectivity index (χ3v) is 2.60. The maximum atomic E-state index is 5.47. The van der Waals surface area contributed by atoms with E-state index in [4.69, 9.17) is 9.47 Å². The number of ether oxygens (including phenoxy) is 2. The normalized spacial score (nSPS) is 13.2. The molecule has 5 nitrogen and oxygen atoms in total. The summed E-state index contributed by atoms with van der Waals surface area (Å²) in [6, 6.07) is 2.24. The Morgan fingerprint density at radius 1 is 1.35 bits per heavy atom. The third-order valence-electron chi connectivity index (χ3n) is 2.60. The van der Waals surface area contributed by atoms with Crippen LogP contribution in [0.1, 0.15) is 32.5 Å². The van der Waals surface area contributed by atoms with Crippen molar-refractivity contribution in [2.75, 3.05) is 19.8 Å². The molecule has 1 aromatic heterocycles. The van der Waals surface area contributed by atoms with E-state index in [1.165, 1.54) is 0 Å². The van der Waals surface area contributed by atoms with E-state index in [-0.39, 0.29) is 12.3 Å². The first-order chi connectivity index (χ1) is 8.19. The van der Waals surface area contributed by atoms with Gasteiger partial charge in [-0.25, -0.2) is 0 Å². The molecule has 17 heavy (non-hydrogen) atoms. The first kappa shape index (κ1) is 14.2. The Labute approximate surface area is 103 Å². The first-order valence-electron chi connectivity index (χ1n) is 6.13. The highest BCUT2D eigenvalue weighted by Gasteiger charge is 2.12. The Balaban J connectivity index is 2.40. The average molecular weight is 241 g/mol. The fraction of sp³-hybridized carbons (Fsp3) is 0.750. The lowest BCUT2D eigenvalue weighted by Gasteiger charge is -2.20. The fourth-order valence-corrected chi connectivity index (χ4v) is 1.72. The smallest absolute Gasteiger partial charge is 0.169 e. The summed E-state index contributed by atoms with van der Waals surface area (Å²) in [5.74, 6) is 0. The van der Waals surface area contributed by atoms with Crippen molar-refractivity contribution in [3.05, 3.63) is 18.0 Å². The molecule has 0 saturated heterocycles. The van der Waals surface area contributed by atoms with E-state index in [0.717, 1.165) is 5.69 Å². The number of nitrogens with one attached hydrogen (secondary N) is 1. The molecular weight excluding hydrogens is 218 g/mol. The molecule has 0 bridgehead atoms. The lowest BCUT2D eigenvalue weighted by atomic mass is 10.2. The molecule has 1 N–H and O–H groups in total. The maximum Gasteiger partial charge on any atom is 0.169 e. The average Bonchev–Trinajstić information content (AvgIpc) is 2.72. The van der Waals surface area contributed by atoms with Gasteiger partial charge < -0.3 is 14.8 Å². The van der Waals surface area contributed by atoms with Crippen LogP contribution in [-0.2, 0) is 16.5 Å². The molecule has 0 spiro atoms. The van der Waals surface area contributed by atoms with Crippen molar-refractivity contribution in [3.63, 3.8) is 0 Å². The van der Waals surface area contributed by atoms with Crippen LogP contribution >= 0.6 is 0 Å². The van der Waals surface area contributed by atoms with Crippen LogP contribution in [0.5, 0.6) is 0 Å². The number of aryl methyl sites for hydroxylation is 1. The molecule has 0 aromatic carbocycles. The zero-order chi connectivity index (χ0) is 12.7. The molecule has 1 unspecified atom stereocenters. The van der Waals surface area contributed by atoms with E-state index in [1.54, 1.807) is 6.20 Å². The lowest BCUT2D eigenvalue weighted by molar-refractivity contribution is -0.133. The molecule has 5 heteroatoms. The van der Waals surface area contributed by atoms with Gasteiger partial charge in [-0.2, -0.15) is 5.10 Å². The summed E-state index contributed by atoms with van der Waals surface area (Å²) in [6.07, 6.45) is 1.62. The van der Waals surface area contributed by atoms with E-state index >= 15 is 0 Å². The van der Waals surface area contributed by atoms with Gasteiger partial charge in [-0.05, 0) is 26.8 Å². The molecule has 0 aliphatic heterocycles. The molecule has 0 aliphatic carbocycles.